The Morgan fingerprint density at radius 3 is 2.77 bits per heavy atom. The summed E-state index contributed by atoms with van der Waals surface area (Å²) < 4.78 is 15.7. The van der Waals surface area contributed by atoms with Crippen molar-refractivity contribution in [3.63, 3.8) is 0 Å². The van der Waals surface area contributed by atoms with Crippen molar-refractivity contribution in [1.29, 1.82) is 0 Å². The van der Waals surface area contributed by atoms with E-state index in [9.17, 15) is 14.3 Å². The number of fused-ring (bicyclic) bond motifs is 1. The van der Waals surface area contributed by atoms with Crippen LogP contribution in [0.25, 0.3) is 5.57 Å². The highest BCUT2D eigenvalue weighted by molar-refractivity contribution is 7.11. The molecule has 5 rings (SSSR count). The molecule has 31 heavy (non-hydrogen) atoms. The molecule has 0 spiro atoms. The van der Waals surface area contributed by atoms with Gasteiger partial charge in [0.1, 0.15) is 10.7 Å². The van der Waals surface area contributed by atoms with Gasteiger partial charge < -0.3 is 5.11 Å². The number of aromatic hydroxyl groups is 1. The molecule has 1 N–H and O–H groups in total. The number of hydrogen-bond donors (Lipinski definition) is 1. The summed E-state index contributed by atoms with van der Waals surface area (Å²) in [5, 5.41) is 12.1. The number of nitrogens with zero attached hydrogens (tertiary/aromatic N) is 4. The van der Waals surface area contributed by atoms with Crippen LogP contribution in [0.5, 0.6) is 5.88 Å². The first-order valence-corrected chi connectivity index (χ1v) is 11.2. The molecule has 0 saturated heterocycles. The van der Waals surface area contributed by atoms with Gasteiger partial charge in [-0.05, 0) is 50.1 Å². The Bertz CT molecular complexity index is 1380. The second kappa shape index (κ2) is 7.85. The smallest absolute Gasteiger partial charge is 0.279 e. The van der Waals surface area contributed by atoms with Crippen LogP contribution in [0.2, 0.25) is 0 Å². The largest absolute Gasteiger partial charge is 0.493 e. The average molecular weight is 437 g/mol. The van der Waals surface area contributed by atoms with Crippen molar-refractivity contribution in [2.75, 3.05) is 0 Å². The van der Waals surface area contributed by atoms with Crippen molar-refractivity contribution in [3.8, 4) is 5.88 Å². The number of aryl methyl sites for hydroxylation is 1. The first-order valence-electron chi connectivity index (χ1n) is 10.4. The predicted octanol–water partition coefficient (Wildman–Crippen LogP) is 3.19. The predicted molar refractivity (Wildman–Crippen MR) is 115 cm³/mol. The second-order valence-corrected chi connectivity index (χ2v) is 8.88. The lowest BCUT2D eigenvalue weighted by atomic mass is 9.95. The summed E-state index contributed by atoms with van der Waals surface area (Å²) in [6.07, 6.45) is 5.17. The Morgan fingerprint density at radius 2 is 2.00 bits per heavy atom. The second-order valence-electron chi connectivity index (χ2n) is 7.90. The number of amides is 1. The van der Waals surface area contributed by atoms with Crippen LogP contribution >= 0.6 is 11.3 Å². The third-order valence-corrected chi connectivity index (χ3v) is 6.81. The molecular weight excluding hydrogens is 415 g/mol. The Balaban J connectivity index is 1.77. The first kappa shape index (κ1) is 19.8. The minimum absolute atomic E-state index is 0.0148. The van der Waals surface area contributed by atoms with Crippen molar-refractivity contribution in [3.05, 3.63) is 68.2 Å². The van der Waals surface area contributed by atoms with Crippen molar-refractivity contribution in [1.82, 2.24) is 9.55 Å². The Hall–Kier alpha value is -3.13. The maximum Gasteiger partial charge on any atom is 0.279 e. The molecule has 3 heterocycles. The van der Waals surface area contributed by atoms with Gasteiger partial charge in [0.15, 0.2) is 10.6 Å². The fourth-order valence-electron chi connectivity index (χ4n) is 4.29. The molecule has 2 aromatic heterocycles. The molecule has 1 amide bonds. The lowest BCUT2D eigenvalue weighted by Gasteiger charge is -2.23. The lowest BCUT2D eigenvalue weighted by molar-refractivity contribution is -0.112. The van der Waals surface area contributed by atoms with Crippen LogP contribution in [0.15, 0.2) is 46.4 Å². The summed E-state index contributed by atoms with van der Waals surface area (Å²) in [4.78, 5) is 26.9. The van der Waals surface area contributed by atoms with Crippen molar-refractivity contribution >= 4 is 28.6 Å². The zero-order valence-corrected chi connectivity index (χ0v) is 17.8. The van der Waals surface area contributed by atoms with E-state index < -0.39 is 11.7 Å². The van der Waals surface area contributed by atoms with E-state index >= 15 is 0 Å². The molecule has 0 unspecified atom stereocenters. The number of rotatable bonds is 3. The first-order chi connectivity index (χ1) is 15.0. The third kappa shape index (κ3) is 3.61. The third-order valence-electron chi connectivity index (χ3n) is 5.75. The van der Waals surface area contributed by atoms with Crippen LogP contribution in [0.3, 0.4) is 0 Å². The van der Waals surface area contributed by atoms with E-state index in [0.29, 0.717) is 26.1 Å². The molecule has 3 aromatic rings. The van der Waals surface area contributed by atoms with E-state index in [1.54, 1.807) is 0 Å². The molecule has 0 atom stereocenters. The molecule has 1 fully saturated rings. The lowest BCUT2D eigenvalue weighted by Crippen LogP contribution is -2.23. The SMILES string of the molecule is Cc1cccc(/N=c2/sc(C3=c4cc(F)ccc4=NC3=O)c(O)n2C2CCCCC2)n1. The van der Waals surface area contributed by atoms with Gasteiger partial charge in [-0.1, -0.05) is 36.7 Å². The maximum absolute atomic E-state index is 13.9. The number of hydrogen-bond acceptors (Lipinski definition) is 5. The number of carbonyl (C=O) groups is 1. The van der Waals surface area contributed by atoms with Gasteiger partial charge in [0, 0.05) is 17.0 Å². The molecule has 0 bridgehead atoms. The molecule has 1 aromatic carbocycles. The summed E-state index contributed by atoms with van der Waals surface area (Å²) in [5.41, 5.74) is 1.07. The van der Waals surface area contributed by atoms with E-state index in [1.807, 2.05) is 29.7 Å². The normalized spacial score (nSPS) is 17.2. The molecular formula is C23H21FN4O2S. The fourth-order valence-corrected chi connectivity index (χ4v) is 5.43. The standard InChI is InChI=1S/C23H21FN4O2S/c1-13-6-5-9-18(25-13)27-23-28(15-7-3-2-4-8-15)22(30)20(31-23)19-16-12-14(24)10-11-17(16)26-21(19)29/h5-6,9-12,15,30H,2-4,7-8H2,1H3/b27-23+. The zero-order valence-electron chi connectivity index (χ0n) is 17.0. The fraction of sp³-hybridized carbons (Fsp3) is 0.304. The molecule has 1 aliphatic carbocycles. The molecule has 1 saturated carbocycles. The van der Waals surface area contributed by atoms with E-state index in [4.69, 9.17) is 4.99 Å². The van der Waals surface area contributed by atoms with Crippen LogP contribution in [0.4, 0.5) is 10.2 Å². The van der Waals surface area contributed by atoms with Gasteiger partial charge in [0.25, 0.3) is 5.91 Å². The summed E-state index contributed by atoms with van der Waals surface area (Å²) in [6, 6.07) is 9.73. The van der Waals surface area contributed by atoms with Crippen molar-refractivity contribution < 1.29 is 14.3 Å². The molecule has 1 aliphatic heterocycles. The minimum atomic E-state index is -0.479. The highest BCUT2D eigenvalue weighted by Crippen LogP contribution is 2.36. The number of benzene rings is 1. The average Bonchev–Trinajstić information content (AvgIpc) is 3.23. The van der Waals surface area contributed by atoms with E-state index in [1.165, 1.54) is 36.0 Å². The van der Waals surface area contributed by atoms with E-state index in [-0.39, 0.29) is 17.5 Å². The van der Waals surface area contributed by atoms with Crippen LogP contribution in [-0.4, -0.2) is 20.6 Å². The number of thiazole rings is 1. The van der Waals surface area contributed by atoms with Gasteiger partial charge in [0.05, 0.1) is 10.9 Å². The monoisotopic (exact) mass is 436 g/mol. The zero-order chi connectivity index (χ0) is 21.5. The Labute approximate surface area is 181 Å². The summed E-state index contributed by atoms with van der Waals surface area (Å²) in [5.74, 6) is -0.408. The summed E-state index contributed by atoms with van der Waals surface area (Å²) in [6.45, 7) is 1.89. The Morgan fingerprint density at radius 1 is 1.19 bits per heavy atom. The van der Waals surface area contributed by atoms with E-state index in [0.717, 1.165) is 31.4 Å². The van der Waals surface area contributed by atoms with Crippen LogP contribution < -0.4 is 15.4 Å². The van der Waals surface area contributed by atoms with Crippen molar-refractivity contribution in [2.24, 2.45) is 9.98 Å². The van der Waals surface area contributed by atoms with Gasteiger partial charge in [-0.25, -0.2) is 19.4 Å². The van der Waals surface area contributed by atoms with Gasteiger partial charge >= 0.3 is 0 Å². The molecule has 2 aliphatic rings. The van der Waals surface area contributed by atoms with Gasteiger partial charge in [-0.15, -0.1) is 0 Å². The highest BCUT2D eigenvalue weighted by atomic mass is 32.1. The number of pyridine rings is 1. The maximum atomic E-state index is 13.9. The molecule has 8 heteroatoms. The van der Waals surface area contributed by atoms with E-state index in [2.05, 4.69) is 9.98 Å². The van der Waals surface area contributed by atoms with Crippen LogP contribution in [0, 0.1) is 12.7 Å². The van der Waals surface area contributed by atoms with Crippen molar-refractivity contribution in [2.45, 2.75) is 45.1 Å². The topological polar surface area (TPSA) is 79.8 Å². The molecule has 158 valence electrons. The minimum Gasteiger partial charge on any atom is -0.493 e. The number of carbonyl (C=O) groups excluding carboxylic acids is 1. The van der Waals surface area contributed by atoms with Crippen LogP contribution in [-0.2, 0) is 4.79 Å². The highest BCUT2D eigenvalue weighted by Gasteiger charge is 2.29. The van der Waals surface area contributed by atoms with Gasteiger partial charge in [-0.2, -0.15) is 0 Å². The Kier molecular flexibility index (Phi) is 5.02. The van der Waals surface area contributed by atoms with Crippen LogP contribution in [0.1, 0.15) is 48.7 Å². The van der Waals surface area contributed by atoms with Gasteiger partial charge in [-0.3, -0.25) is 9.36 Å². The summed E-state index contributed by atoms with van der Waals surface area (Å²) in [7, 11) is 0. The van der Waals surface area contributed by atoms with Gasteiger partial charge in [0.2, 0.25) is 5.88 Å². The summed E-state index contributed by atoms with van der Waals surface area (Å²) >= 11 is 1.22. The number of halogens is 1. The molecule has 6 nitrogen and oxygen atoms in total. The number of aromatic nitrogens is 2. The molecule has 0 radical (unpaired) electrons. The quantitative estimate of drug-likeness (QED) is 0.685.